The van der Waals surface area contributed by atoms with Crippen molar-refractivity contribution in [2.45, 2.75) is 18.7 Å². The van der Waals surface area contributed by atoms with Gasteiger partial charge in [0.1, 0.15) is 5.75 Å². The third kappa shape index (κ3) is 3.71. The lowest BCUT2D eigenvalue weighted by Gasteiger charge is -2.22. The fourth-order valence-corrected chi connectivity index (χ4v) is 3.22. The smallest absolute Gasteiger partial charge is 0.307 e. The van der Waals surface area contributed by atoms with Crippen molar-refractivity contribution in [3.05, 3.63) is 24.3 Å². The zero-order valence-corrected chi connectivity index (χ0v) is 12.6. The van der Waals surface area contributed by atoms with Crippen LogP contribution in [0.4, 0.5) is 0 Å². The summed E-state index contributed by atoms with van der Waals surface area (Å²) in [6.45, 7) is 3.32. The van der Waals surface area contributed by atoms with Crippen LogP contribution >= 0.6 is 0 Å². The first-order chi connectivity index (χ1) is 9.32. The number of aliphatic carboxylic acids is 1. The number of methoxy groups -OCH3 is 1. The van der Waals surface area contributed by atoms with Crippen molar-refractivity contribution in [3.63, 3.8) is 0 Å². The Morgan fingerprint density at radius 3 is 2.30 bits per heavy atom. The molecule has 1 rings (SSSR count). The van der Waals surface area contributed by atoms with Gasteiger partial charge in [-0.1, -0.05) is 13.8 Å². The maximum Gasteiger partial charge on any atom is 0.307 e. The molecule has 6 nitrogen and oxygen atoms in total. The Morgan fingerprint density at radius 2 is 1.90 bits per heavy atom. The second-order valence-electron chi connectivity index (χ2n) is 4.37. The summed E-state index contributed by atoms with van der Waals surface area (Å²) in [5.41, 5.74) is 0. The van der Waals surface area contributed by atoms with Gasteiger partial charge in [0, 0.05) is 13.1 Å². The van der Waals surface area contributed by atoms with Crippen molar-refractivity contribution in [1.82, 2.24) is 4.31 Å². The van der Waals surface area contributed by atoms with Crippen molar-refractivity contribution in [1.29, 1.82) is 0 Å². The molecular formula is C13H19NO5S. The van der Waals surface area contributed by atoms with Crippen LogP contribution < -0.4 is 4.74 Å². The quantitative estimate of drug-likeness (QED) is 0.823. The molecule has 0 aliphatic carbocycles. The molecule has 20 heavy (non-hydrogen) atoms. The Morgan fingerprint density at radius 1 is 1.35 bits per heavy atom. The lowest BCUT2D eigenvalue weighted by atomic mass is 10.2. The Bertz CT molecular complexity index is 553. The molecular weight excluding hydrogens is 282 g/mol. The SMILES string of the molecule is CCN(CC(C)C(=O)O)S(=O)(=O)c1ccc(OC)cc1. The average Bonchev–Trinajstić information content (AvgIpc) is 2.44. The Kier molecular flexibility index (Phi) is 5.52. The number of hydrogen-bond acceptors (Lipinski definition) is 4. The molecule has 1 unspecified atom stereocenters. The highest BCUT2D eigenvalue weighted by Gasteiger charge is 2.26. The number of carbonyl (C=O) groups is 1. The predicted octanol–water partition coefficient (Wildman–Crippen LogP) is 1.43. The lowest BCUT2D eigenvalue weighted by molar-refractivity contribution is -0.141. The Balaban J connectivity index is 3.01. The van der Waals surface area contributed by atoms with Gasteiger partial charge in [-0.3, -0.25) is 4.79 Å². The summed E-state index contributed by atoms with van der Waals surface area (Å²) in [7, 11) is -2.19. The van der Waals surface area contributed by atoms with Crippen LogP contribution in [0.25, 0.3) is 0 Å². The van der Waals surface area contributed by atoms with Crippen LogP contribution in [-0.2, 0) is 14.8 Å². The van der Waals surface area contributed by atoms with Gasteiger partial charge in [0.15, 0.2) is 0 Å². The van der Waals surface area contributed by atoms with Crippen molar-refractivity contribution < 1.29 is 23.1 Å². The van der Waals surface area contributed by atoms with Gasteiger partial charge in [0.25, 0.3) is 0 Å². The molecule has 0 saturated carbocycles. The summed E-state index contributed by atoms with van der Waals surface area (Å²) in [6.07, 6.45) is 0. The maximum absolute atomic E-state index is 12.4. The number of hydrogen-bond donors (Lipinski definition) is 1. The molecule has 0 fully saturated rings. The van der Waals surface area contributed by atoms with Gasteiger partial charge in [-0.05, 0) is 24.3 Å². The highest BCUT2D eigenvalue weighted by Crippen LogP contribution is 2.20. The van der Waals surface area contributed by atoms with E-state index >= 15 is 0 Å². The fraction of sp³-hybridized carbons (Fsp3) is 0.462. The van der Waals surface area contributed by atoms with Crippen molar-refractivity contribution >= 4 is 16.0 Å². The van der Waals surface area contributed by atoms with Gasteiger partial charge in [-0.2, -0.15) is 4.31 Å². The zero-order chi connectivity index (χ0) is 15.3. The van der Waals surface area contributed by atoms with Crippen LogP contribution in [0.15, 0.2) is 29.2 Å². The largest absolute Gasteiger partial charge is 0.497 e. The monoisotopic (exact) mass is 301 g/mol. The number of ether oxygens (including phenoxy) is 1. The van der Waals surface area contributed by atoms with E-state index in [1.54, 1.807) is 19.1 Å². The van der Waals surface area contributed by atoms with Crippen molar-refractivity contribution in [2.75, 3.05) is 20.2 Å². The summed E-state index contributed by atoms with van der Waals surface area (Å²) in [4.78, 5) is 11.0. The van der Waals surface area contributed by atoms with E-state index in [4.69, 9.17) is 9.84 Å². The molecule has 0 spiro atoms. The number of nitrogens with zero attached hydrogens (tertiary/aromatic N) is 1. The van der Waals surface area contributed by atoms with E-state index in [1.165, 1.54) is 26.2 Å². The van der Waals surface area contributed by atoms with E-state index in [1.807, 2.05) is 0 Å². The number of rotatable bonds is 7. The number of carboxylic acids is 1. The average molecular weight is 301 g/mol. The third-order valence-corrected chi connectivity index (χ3v) is 4.90. The van der Waals surface area contributed by atoms with E-state index in [0.717, 1.165) is 4.31 Å². The first kappa shape index (κ1) is 16.5. The number of benzene rings is 1. The number of carboxylic acid groups (broad SMARTS) is 1. The van der Waals surface area contributed by atoms with E-state index in [-0.39, 0.29) is 18.0 Å². The summed E-state index contributed by atoms with van der Waals surface area (Å²) in [5, 5.41) is 8.89. The standard InChI is InChI=1S/C13H19NO5S/c1-4-14(9-10(2)13(15)16)20(17,18)12-7-5-11(19-3)6-8-12/h5-8,10H,4,9H2,1-3H3,(H,15,16). The molecule has 1 aromatic carbocycles. The highest BCUT2D eigenvalue weighted by atomic mass is 32.2. The fourth-order valence-electron chi connectivity index (χ4n) is 1.68. The minimum absolute atomic E-state index is 0.0554. The topological polar surface area (TPSA) is 83.9 Å². The van der Waals surface area contributed by atoms with E-state index in [2.05, 4.69) is 0 Å². The minimum Gasteiger partial charge on any atom is -0.497 e. The van der Waals surface area contributed by atoms with E-state index < -0.39 is 21.9 Å². The second-order valence-corrected chi connectivity index (χ2v) is 6.31. The Hall–Kier alpha value is -1.60. The normalized spacial score (nSPS) is 13.2. The van der Waals surface area contributed by atoms with Crippen LogP contribution in [0.5, 0.6) is 5.75 Å². The van der Waals surface area contributed by atoms with Gasteiger partial charge in [0.05, 0.1) is 17.9 Å². The minimum atomic E-state index is -3.69. The molecule has 112 valence electrons. The second kappa shape index (κ2) is 6.71. The van der Waals surface area contributed by atoms with Gasteiger partial charge < -0.3 is 9.84 Å². The molecule has 0 heterocycles. The van der Waals surface area contributed by atoms with Gasteiger partial charge in [0.2, 0.25) is 10.0 Å². The molecule has 1 N–H and O–H groups in total. The predicted molar refractivity (Wildman–Crippen MR) is 74.2 cm³/mol. The highest BCUT2D eigenvalue weighted by molar-refractivity contribution is 7.89. The first-order valence-corrected chi connectivity index (χ1v) is 7.64. The zero-order valence-electron chi connectivity index (χ0n) is 11.7. The summed E-state index contributed by atoms with van der Waals surface area (Å²) in [6, 6.07) is 6.01. The molecule has 0 aliphatic rings. The van der Waals surface area contributed by atoms with Crippen LogP contribution in [0.1, 0.15) is 13.8 Å². The molecule has 0 radical (unpaired) electrons. The Labute approximate surface area is 119 Å². The van der Waals surface area contributed by atoms with Gasteiger partial charge in [-0.15, -0.1) is 0 Å². The molecule has 7 heteroatoms. The van der Waals surface area contributed by atoms with E-state index in [9.17, 15) is 13.2 Å². The van der Waals surface area contributed by atoms with Crippen molar-refractivity contribution in [2.24, 2.45) is 5.92 Å². The van der Waals surface area contributed by atoms with Crippen LogP contribution in [0, 0.1) is 5.92 Å². The molecule has 0 saturated heterocycles. The molecule has 0 amide bonds. The summed E-state index contributed by atoms with van der Waals surface area (Å²) in [5.74, 6) is -1.22. The van der Waals surface area contributed by atoms with Crippen LogP contribution in [0.2, 0.25) is 0 Å². The summed E-state index contributed by atoms with van der Waals surface area (Å²) >= 11 is 0. The molecule has 1 atom stereocenters. The number of sulfonamides is 1. The molecule has 0 aliphatic heterocycles. The maximum atomic E-state index is 12.4. The van der Waals surface area contributed by atoms with Crippen LogP contribution in [0.3, 0.4) is 0 Å². The third-order valence-electron chi connectivity index (χ3n) is 2.95. The van der Waals surface area contributed by atoms with Crippen molar-refractivity contribution in [3.8, 4) is 5.75 Å². The van der Waals surface area contributed by atoms with Gasteiger partial charge in [-0.25, -0.2) is 8.42 Å². The van der Waals surface area contributed by atoms with Crippen LogP contribution in [-0.4, -0.2) is 44.0 Å². The lowest BCUT2D eigenvalue weighted by Crippen LogP contribution is -2.36. The molecule has 0 aromatic heterocycles. The summed E-state index contributed by atoms with van der Waals surface area (Å²) < 4.78 is 31.0. The first-order valence-electron chi connectivity index (χ1n) is 6.20. The molecule has 0 bridgehead atoms. The van der Waals surface area contributed by atoms with E-state index in [0.29, 0.717) is 5.75 Å². The molecule has 1 aromatic rings. The van der Waals surface area contributed by atoms with Gasteiger partial charge >= 0.3 is 5.97 Å².